The second-order valence-electron chi connectivity index (χ2n) is 13.4. The molecule has 13 heteroatoms. The number of hydrogen-bond acceptors (Lipinski definition) is 7. The van der Waals surface area contributed by atoms with Crippen LogP contribution in [0.5, 0.6) is 0 Å². The van der Waals surface area contributed by atoms with E-state index in [4.69, 9.17) is 4.74 Å². The molecule has 2 saturated heterocycles. The van der Waals surface area contributed by atoms with E-state index < -0.39 is 35.6 Å². The molecule has 1 aliphatic carbocycles. The summed E-state index contributed by atoms with van der Waals surface area (Å²) in [6.45, 7) is 9.19. The zero-order valence-corrected chi connectivity index (χ0v) is 27.8. The Kier molecular flexibility index (Phi) is 11.3. The largest absolute Gasteiger partial charge is 0.377 e. The van der Waals surface area contributed by atoms with Gasteiger partial charge >= 0.3 is 0 Å². The number of rotatable bonds is 11. The maximum absolute atomic E-state index is 15.7. The molecule has 0 spiro atoms. The van der Waals surface area contributed by atoms with Crippen LogP contribution in [0.1, 0.15) is 80.9 Å². The van der Waals surface area contributed by atoms with E-state index in [2.05, 4.69) is 32.9 Å². The number of aromatic nitrogens is 2. The number of piperazine rings is 1. The van der Waals surface area contributed by atoms with Gasteiger partial charge in [0.05, 0.1) is 24.9 Å². The fraction of sp³-hybridized carbons (Fsp3) is 0.618. The number of hydrogen-bond donors (Lipinski definition) is 3. The molecule has 3 aliphatic rings. The molecule has 1 aromatic carbocycles. The number of nitrogens with zero attached hydrogens (tertiary/aromatic N) is 4. The third-order valence-electron chi connectivity index (χ3n) is 9.97. The number of nitrogens with one attached hydrogen (secondary N) is 3. The lowest BCUT2D eigenvalue weighted by molar-refractivity contribution is -0.138. The lowest BCUT2D eigenvalue weighted by Gasteiger charge is -2.36. The molecule has 5 rings (SSSR count). The number of amides is 4. The van der Waals surface area contributed by atoms with E-state index in [1.165, 1.54) is 12.1 Å². The van der Waals surface area contributed by atoms with Crippen LogP contribution in [0.4, 0.5) is 10.1 Å². The van der Waals surface area contributed by atoms with Crippen molar-refractivity contribution < 1.29 is 28.3 Å². The summed E-state index contributed by atoms with van der Waals surface area (Å²) in [5, 5.41) is 12.8. The molecular weight excluding hydrogens is 605 g/mol. The lowest BCUT2D eigenvalue weighted by atomic mass is 9.79. The molecule has 47 heavy (non-hydrogen) atoms. The summed E-state index contributed by atoms with van der Waals surface area (Å²) in [5.41, 5.74) is 0.843. The highest BCUT2D eigenvalue weighted by Gasteiger charge is 2.36. The zero-order chi connectivity index (χ0) is 33.7. The predicted octanol–water partition coefficient (Wildman–Crippen LogP) is 2.93. The van der Waals surface area contributed by atoms with Gasteiger partial charge in [0, 0.05) is 44.7 Å². The van der Waals surface area contributed by atoms with E-state index in [0.717, 1.165) is 38.8 Å². The van der Waals surface area contributed by atoms with Crippen molar-refractivity contribution >= 4 is 29.3 Å². The van der Waals surface area contributed by atoms with Crippen LogP contribution in [-0.2, 0) is 19.1 Å². The van der Waals surface area contributed by atoms with Crippen molar-refractivity contribution in [2.75, 3.05) is 51.8 Å². The van der Waals surface area contributed by atoms with Crippen LogP contribution in [0.3, 0.4) is 0 Å². The molecule has 12 nitrogen and oxygen atoms in total. The van der Waals surface area contributed by atoms with Gasteiger partial charge in [0.15, 0.2) is 0 Å². The molecule has 0 radical (unpaired) electrons. The van der Waals surface area contributed by atoms with Gasteiger partial charge in [0.1, 0.15) is 23.6 Å². The lowest BCUT2D eigenvalue weighted by Crippen LogP contribution is -2.55. The SMILES string of the molecule is CCC(=O)N[C@@H](C(=O)N1CCN(C)CC1)[C@@H](C)c1ccc(NC(=O)[C@@H](NC(=O)c2ccnn2C2COC2)[C@H]2CC[C@H](C)CC2)c(F)c1. The fourth-order valence-electron chi connectivity index (χ4n) is 6.60. The first-order chi connectivity index (χ1) is 22.5. The number of benzene rings is 1. The van der Waals surface area contributed by atoms with Crippen LogP contribution in [0.2, 0.25) is 0 Å². The van der Waals surface area contributed by atoms with Gasteiger partial charge in [-0.05, 0) is 55.5 Å². The minimum absolute atomic E-state index is 0.0226. The van der Waals surface area contributed by atoms with E-state index in [-0.39, 0.29) is 35.9 Å². The molecule has 1 saturated carbocycles. The van der Waals surface area contributed by atoms with Crippen molar-refractivity contribution in [1.82, 2.24) is 30.2 Å². The van der Waals surface area contributed by atoms with Crippen LogP contribution in [-0.4, -0.2) is 102 Å². The van der Waals surface area contributed by atoms with Crippen LogP contribution < -0.4 is 16.0 Å². The summed E-state index contributed by atoms with van der Waals surface area (Å²) in [7, 11) is 2.00. The van der Waals surface area contributed by atoms with E-state index in [1.807, 2.05) is 7.05 Å². The monoisotopic (exact) mass is 653 g/mol. The molecule has 4 amide bonds. The highest BCUT2D eigenvalue weighted by molar-refractivity contribution is 6.00. The van der Waals surface area contributed by atoms with Crippen LogP contribution in [0, 0.1) is 17.7 Å². The number of carbonyl (C=O) groups excluding carboxylic acids is 4. The maximum Gasteiger partial charge on any atom is 0.270 e. The number of anilines is 1. The highest BCUT2D eigenvalue weighted by atomic mass is 19.1. The second kappa shape index (κ2) is 15.4. The summed E-state index contributed by atoms with van der Waals surface area (Å²) in [4.78, 5) is 57.1. The molecule has 1 aromatic heterocycles. The Balaban J connectivity index is 1.32. The summed E-state index contributed by atoms with van der Waals surface area (Å²) in [5.74, 6) is -2.13. The first kappa shape index (κ1) is 34.5. The summed E-state index contributed by atoms with van der Waals surface area (Å²) in [6, 6.07) is 4.30. The number of likely N-dealkylation sites (N-methyl/N-ethyl adjacent to an activating group) is 1. The molecule has 3 N–H and O–H groups in total. The number of carbonyl (C=O) groups is 4. The Morgan fingerprint density at radius 1 is 1.02 bits per heavy atom. The predicted molar refractivity (Wildman–Crippen MR) is 174 cm³/mol. The standard InChI is InChI=1S/C34H48FN7O5/c1-5-29(43)38-30(34(46)41-16-14-40(4)15-17-41)22(3)24-10-11-27(26(35)18-24)37-33(45)31(23-8-6-21(2)7-9-23)39-32(44)28-12-13-36-42(28)25-19-47-20-25/h10-13,18,21-23,25,30-31H,5-9,14-17,19-20H2,1-4H3,(H,37,45)(H,38,43)(H,39,44)/t21-,22-,23-,30+,31-/m0/s1. The molecule has 3 heterocycles. The Morgan fingerprint density at radius 2 is 1.72 bits per heavy atom. The molecule has 0 bridgehead atoms. The highest BCUT2D eigenvalue weighted by Crippen LogP contribution is 2.32. The third kappa shape index (κ3) is 8.18. The average Bonchev–Trinajstić information content (AvgIpc) is 3.51. The summed E-state index contributed by atoms with van der Waals surface area (Å²) in [6.07, 6.45) is 5.17. The minimum atomic E-state index is -0.871. The minimum Gasteiger partial charge on any atom is -0.377 e. The van der Waals surface area contributed by atoms with Gasteiger partial charge in [0.25, 0.3) is 5.91 Å². The number of halogens is 1. The van der Waals surface area contributed by atoms with E-state index in [1.54, 1.807) is 41.8 Å². The second-order valence-corrected chi connectivity index (χ2v) is 13.4. The molecule has 256 valence electrons. The van der Waals surface area contributed by atoms with E-state index in [9.17, 15) is 19.2 Å². The van der Waals surface area contributed by atoms with Crippen molar-refractivity contribution in [3.8, 4) is 0 Å². The fourth-order valence-corrected chi connectivity index (χ4v) is 6.60. The normalized spacial score (nSPS) is 22.4. The van der Waals surface area contributed by atoms with Gasteiger partial charge in [-0.25, -0.2) is 4.39 Å². The van der Waals surface area contributed by atoms with Crippen molar-refractivity contribution in [3.63, 3.8) is 0 Å². The zero-order valence-electron chi connectivity index (χ0n) is 27.8. The van der Waals surface area contributed by atoms with Crippen LogP contribution >= 0.6 is 0 Å². The van der Waals surface area contributed by atoms with E-state index in [0.29, 0.717) is 43.5 Å². The van der Waals surface area contributed by atoms with Crippen LogP contribution in [0.15, 0.2) is 30.5 Å². The molecule has 2 aliphatic heterocycles. The average molecular weight is 654 g/mol. The first-order valence-electron chi connectivity index (χ1n) is 16.8. The van der Waals surface area contributed by atoms with Crippen molar-refractivity contribution in [2.24, 2.45) is 11.8 Å². The molecule has 2 aromatic rings. The Labute approximate surface area is 275 Å². The molecular formula is C34H48FN7O5. The topological polar surface area (TPSA) is 138 Å². The van der Waals surface area contributed by atoms with Gasteiger partial charge < -0.3 is 30.5 Å². The summed E-state index contributed by atoms with van der Waals surface area (Å²) < 4.78 is 22.6. The van der Waals surface area contributed by atoms with Gasteiger partial charge in [-0.1, -0.05) is 39.7 Å². The molecule has 0 unspecified atom stereocenters. The van der Waals surface area contributed by atoms with Crippen molar-refractivity contribution in [3.05, 3.63) is 47.5 Å². The summed E-state index contributed by atoms with van der Waals surface area (Å²) >= 11 is 0. The first-order valence-corrected chi connectivity index (χ1v) is 16.8. The molecule has 3 atom stereocenters. The van der Waals surface area contributed by atoms with Gasteiger partial charge in [-0.3, -0.25) is 23.9 Å². The number of ether oxygens (including phenoxy) is 1. The molecule has 3 fully saturated rings. The Morgan fingerprint density at radius 3 is 2.34 bits per heavy atom. The quantitative estimate of drug-likeness (QED) is 0.339. The van der Waals surface area contributed by atoms with Crippen molar-refractivity contribution in [1.29, 1.82) is 0 Å². The Hall–Kier alpha value is -3.84. The van der Waals surface area contributed by atoms with Gasteiger partial charge in [0.2, 0.25) is 17.7 Å². The van der Waals surface area contributed by atoms with Crippen LogP contribution in [0.25, 0.3) is 0 Å². The Bertz CT molecular complexity index is 1430. The van der Waals surface area contributed by atoms with E-state index >= 15 is 4.39 Å². The van der Waals surface area contributed by atoms with Gasteiger partial charge in [-0.2, -0.15) is 5.10 Å². The van der Waals surface area contributed by atoms with Crippen molar-refractivity contribution in [2.45, 2.75) is 76.9 Å². The van der Waals surface area contributed by atoms with Gasteiger partial charge in [-0.15, -0.1) is 0 Å². The third-order valence-corrected chi connectivity index (χ3v) is 9.97. The maximum atomic E-state index is 15.7. The smallest absolute Gasteiger partial charge is 0.270 e.